The molecule has 17 heavy (non-hydrogen) atoms. The van der Waals surface area contributed by atoms with Crippen LogP contribution in [0, 0.1) is 0 Å². The first-order chi connectivity index (χ1) is 7.77. The van der Waals surface area contributed by atoms with Crippen LogP contribution in [0.4, 0.5) is 11.5 Å². The Labute approximate surface area is 107 Å². The Kier molecular flexibility index (Phi) is 3.11. The second kappa shape index (κ2) is 4.41. The number of hydrogen-bond acceptors (Lipinski definition) is 3. The van der Waals surface area contributed by atoms with Crippen molar-refractivity contribution >= 4 is 34.8 Å². The molecule has 0 fully saturated rings. The Morgan fingerprint density at radius 3 is 2.88 bits per heavy atom. The van der Waals surface area contributed by atoms with Gasteiger partial charge < -0.3 is 10.6 Å². The van der Waals surface area contributed by atoms with Crippen LogP contribution < -0.4 is 10.6 Å². The van der Waals surface area contributed by atoms with Crippen LogP contribution in [-0.2, 0) is 6.42 Å². The van der Waals surface area contributed by atoms with Gasteiger partial charge in [-0.05, 0) is 18.9 Å². The number of anilines is 2. The van der Waals surface area contributed by atoms with Gasteiger partial charge >= 0.3 is 0 Å². The molecule has 0 radical (unpaired) electrons. The Morgan fingerprint density at radius 2 is 2.06 bits per heavy atom. The highest BCUT2D eigenvalue weighted by Gasteiger charge is 2.19. The Hall–Kier alpha value is -1.48. The van der Waals surface area contributed by atoms with E-state index in [1.807, 2.05) is 24.3 Å². The van der Waals surface area contributed by atoms with Gasteiger partial charge in [0.1, 0.15) is 5.82 Å². The number of hydrogen-bond donors (Lipinski definition) is 1. The number of benzene rings is 1. The first-order valence-corrected chi connectivity index (χ1v) is 5.65. The van der Waals surface area contributed by atoms with Gasteiger partial charge in [0.25, 0.3) is 0 Å². The summed E-state index contributed by atoms with van der Waals surface area (Å²) in [6.07, 6.45) is 2.21. The zero-order chi connectivity index (χ0) is 11.1. The fourth-order valence-corrected chi connectivity index (χ4v) is 2.42. The summed E-state index contributed by atoms with van der Waals surface area (Å²) in [4.78, 5) is 6.90. The van der Waals surface area contributed by atoms with Crippen LogP contribution in [0.25, 0.3) is 10.9 Å². The van der Waals surface area contributed by atoms with Crippen molar-refractivity contribution in [2.75, 3.05) is 24.2 Å². The molecule has 1 aliphatic rings. The number of nitrogen functional groups attached to an aromatic ring is 1. The van der Waals surface area contributed by atoms with Crippen molar-refractivity contribution in [3.8, 4) is 0 Å². The maximum Gasteiger partial charge on any atom is 0.134 e. The summed E-state index contributed by atoms with van der Waals surface area (Å²) in [6.45, 7) is 1.07. The monoisotopic (exact) mass is 249 g/mol. The van der Waals surface area contributed by atoms with Crippen LogP contribution in [0.15, 0.2) is 24.3 Å². The van der Waals surface area contributed by atoms with Gasteiger partial charge in [0.2, 0.25) is 0 Å². The van der Waals surface area contributed by atoms with Crippen LogP contribution >= 0.6 is 12.4 Å². The molecule has 0 unspecified atom stereocenters. The number of para-hydroxylation sites is 1. The molecule has 0 saturated carbocycles. The molecule has 0 spiro atoms. The quantitative estimate of drug-likeness (QED) is 0.781. The van der Waals surface area contributed by atoms with Crippen molar-refractivity contribution in [1.82, 2.24) is 4.98 Å². The van der Waals surface area contributed by atoms with Gasteiger partial charge in [-0.25, -0.2) is 4.98 Å². The van der Waals surface area contributed by atoms with Crippen molar-refractivity contribution in [2.24, 2.45) is 0 Å². The maximum atomic E-state index is 6.24. The van der Waals surface area contributed by atoms with Crippen LogP contribution in [-0.4, -0.2) is 18.6 Å². The maximum absolute atomic E-state index is 6.24. The largest absolute Gasteiger partial charge is 0.398 e. The van der Waals surface area contributed by atoms with Gasteiger partial charge in [0.15, 0.2) is 0 Å². The molecule has 3 nitrogen and oxygen atoms in total. The smallest absolute Gasteiger partial charge is 0.134 e. The third-order valence-electron chi connectivity index (χ3n) is 3.30. The summed E-state index contributed by atoms with van der Waals surface area (Å²) in [5, 5.41) is 1.08. The fourth-order valence-electron chi connectivity index (χ4n) is 2.42. The van der Waals surface area contributed by atoms with Gasteiger partial charge in [-0.2, -0.15) is 0 Å². The highest BCUT2D eigenvalue weighted by Crippen LogP contribution is 2.33. The molecule has 2 N–H and O–H groups in total. The van der Waals surface area contributed by atoms with E-state index in [0.717, 1.165) is 41.8 Å². The van der Waals surface area contributed by atoms with E-state index in [1.54, 1.807) is 0 Å². The van der Waals surface area contributed by atoms with E-state index in [-0.39, 0.29) is 12.4 Å². The number of rotatable bonds is 0. The average molecular weight is 250 g/mol. The summed E-state index contributed by atoms with van der Waals surface area (Å²) in [7, 11) is 2.08. The van der Waals surface area contributed by atoms with Crippen molar-refractivity contribution in [3.05, 3.63) is 29.8 Å². The highest BCUT2D eigenvalue weighted by molar-refractivity contribution is 5.94. The Bertz CT molecular complexity index is 554. The third-order valence-corrected chi connectivity index (χ3v) is 3.30. The second-order valence-electron chi connectivity index (χ2n) is 4.37. The molecule has 1 aliphatic heterocycles. The minimum atomic E-state index is 0. The van der Waals surface area contributed by atoms with Crippen molar-refractivity contribution < 1.29 is 0 Å². The van der Waals surface area contributed by atoms with Crippen LogP contribution in [0.2, 0.25) is 0 Å². The molecule has 2 aromatic rings. The number of nitrogens with two attached hydrogens (primary N) is 1. The second-order valence-corrected chi connectivity index (χ2v) is 4.37. The lowest BCUT2D eigenvalue weighted by molar-refractivity contribution is 0.735. The summed E-state index contributed by atoms with van der Waals surface area (Å²) in [6, 6.07) is 8.09. The zero-order valence-electron chi connectivity index (χ0n) is 9.81. The molecule has 3 rings (SSSR count). The molecule has 0 atom stereocenters. The first-order valence-electron chi connectivity index (χ1n) is 5.65. The van der Waals surface area contributed by atoms with Gasteiger partial charge in [0.05, 0.1) is 5.52 Å². The normalized spacial score (nSPS) is 14.3. The molecule has 0 aliphatic carbocycles. The van der Waals surface area contributed by atoms with E-state index >= 15 is 0 Å². The van der Waals surface area contributed by atoms with E-state index in [4.69, 9.17) is 10.7 Å². The SMILES string of the molecule is CN1CCCc2c1nc1ccccc1c2N.Cl. The zero-order valence-corrected chi connectivity index (χ0v) is 10.6. The van der Waals surface area contributed by atoms with Gasteiger partial charge in [0, 0.05) is 30.2 Å². The van der Waals surface area contributed by atoms with E-state index in [9.17, 15) is 0 Å². The lowest BCUT2D eigenvalue weighted by Crippen LogP contribution is -2.26. The average Bonchev–Trinajstić information content (AvgIpc) is 2.31. The summed E-state index contributed by atoms with van der Waals surface area (Å²) >= 11 is 0. The van der Waals surface area contributed by atoms with Crippen LogP contribution in [0.1, 0.15) is 12.0 Å². The molecule has 1 aromatic heterocycles. The number of halogens is 1. The third kappa shape index (κ3) is 1.80. The molecule has 90 valence electrons. The summed E-state index contributed by atoms with van der Waals surface area (Å²) in [5.41, 5.74) is 9.35. The van der Waals surface area contributed by atoms with Crippen LogP contribution in [0.3, 0.4) is 0 Å². The minimum Gasteiger partial charge on any atom is -0.398 e. The molecule has 0 saturated heterocycles. The Morgan fingerprint density at radius 1 is 1.29 bits per heavy atom. The molecule has 0 amide bonds. The molecule has 4 heteroatoms. The van der Waals surface area contributed by atoms with Gasteiger partial charge in [-0.15, -0.1) is 12.4 Å². The fraction of sp³-hybridized carbons (Fsp3) is 0.308. The lowest BCUT2D eigenvalue weighted by Gasteiger charge is -2.27. The summed E-state index contributed by atoms with van der Waals surface area (Å²) in [5.74, 6) is 1.06. The number of pyridine rings is 1. The lowest BCUT2D eigenvalue weighted by atomic mass is 10.0. The van der Waals surface area contributed by atoms with Gasteiger partial charge in [-0.1, -0.05) is 18.2 Å². The molecule has 2 heterocycles. The first kappa shape index (κ1) is 12.0. The van der Waals surface area contributed by atoms with E-state index in [0.29, 0.717) is 0 Å². The minimum absolute atomic E-state index is 0. The Balaban J connectivity index is 0.00000108. The number of fused-ring (bicyclic) bond motifs is 2. The molecular weight excluding hydrogens is 234 g/mol. The number of aromatic nitrogens is 1. The van der Waals surface area contributed by atoms with Crippen molar-refractivity contribution in [1.29, 1.82) is 0 Å². The topological polar surface area (TPSA) is 42.2 Å². The van der Waals surface area contributed by atoms with Crippen LogP contribution in [0.5, 0.6) is 0 Å². The standard InChI is InChI=1S/C13H15N3.ClH/c1-16-8-4-6-10-12(14)9-5-2-3-7-11(9)15-13(10)16;/h2-3,5,7H,4,6,8H2,1H3,(H2,14,15);1H. The molecule has 1 aromatic carbocycles. The van der Waals surface area contributed by atoms with E-state index in [2.05, 4.69) is 11.9 Å². The van der Waals surface area contributed by atoms with Gasteiger partial charge in [-0.3, -0.25) is 0 Å². The molecular formula is C13H16ClN3. The van der Waals surface area contributed by atoms with E-state index in [1.165, 1.54) is 5.56 Å². The predicted molar refractivity (Wildman–Crippen MR) is 75.0 cm³/mol. The predicted octanol–water partition coefficient (Wildman–Crippen LogP) is 2.62. The van der Waals surface area contributed by atoms with Crippen molar-refractivity contribution in [2.45, 2.75) is 12.8 Å². The number of nitrogens with zero attached hydrogens (tertiary/aromatic N) is 2. The van der Waals surface area contributed by atoms with E-state index < -0.39 is 0 Å². The summed E-state index contributed by atoms with van der Waals surface area (Å²) < 4.78 is 0. The highest BCUT2D eigenvalue weighted by atomic mass is 35.5. The molecule has 0 bridgehead atoms. The van der Waals surface area contributed by atoms with Crippen molar-refractivity contribution in [3.63, 3.8) is 0 Å².